The highest BCUT2D eigenvalue weighted by atomic mass is 16.5. The van der Waals surface area contributed by atoms with Crippen LogP contribution in [0.15, 0.2) is 42.5 Å². The molecule has 7 nitrogen and oxygen atoms in total. The van der Waals surface area contributed by atoms with E-state index < -0.39 is 6.09 Å². The van der Waals surface area contributed by atoms with Crippen LogP contribution in [0.5, 0.6) is 0 Å². The lowest BCUT2D eigenvalue weighted by Gasteiger charge is -2.26. The average Bonchev–Trinajstić information content (AvgIpc) is 2.96. The Morgan fingerprint density at radius 2 is 1.72 bits per heavy atom. The van der Waals surface area contributed by atoms with Gasteiger partial charge in [0.25, 0.3) is 0 Å². The van der Waals surface area contributed by atoms with Gasteiger partial charge in [-0.3, -0.25) is 15.0 Å². The smallest absolute Gasteiger partial charge is 0.411 e. The number of carbonyl (C=O) groups is 2. The predicted octanol–water partition coefficient (Wildman–Crippen LogP) is 3.95. The first-order chi connectivity index (χ1) is 15.6. The third kappa shape index (κ3) is 5.87. The molecule has 3 rings (SSSR count). The van der Waals surface area contributed by atoms with Crippen molar-refractivity contribution in [2.45, 2.75) is 33.6 Å². The maximum atomic E-state index is 13.4. The third-order valence-electron chi connectivity index (χ3n) is 5.77. The van der Waals surface area contributed by atoms with Crippen molar-refractivity contribution in [1.29, 1.82) is 0 Å². The molecule has 0 aromatic heterocycles. The lowest BCUT2D eigenvalue weighted by atomic mass is 10.0. The molecule has 7 heteroatoms. The number of hydrogen-bond donors (Lipinski definition) is 2. The summed E-state index contributed by atoms with van der Waals surface area (Å²) in [4.78, 5) is 29.5. The maximum absolute atomic E-state index is 13.4. The molecule has 0 radical (unpaired) electrons. The van der Waals surface area contributed by atoms with Gasteiger partial charge in [0.15, 0.2) is 0 Å². The largest absolute Gasteiger partial charge is 0.450 e. The molecule has 1 heterocycles. The van der Waals surface area contributed by atoms with Gasteiger partial charge in [-0.15, -0.1) is 0 Å². The van der Waals surface area contributed by atoms with Crippen LogP contribution < -0.4 is 15.5 Å². The average molecular weight is 439 g/mol. The number of nitrogens with zero attached hydrogens (tertiary/aromatic N) is 2. The Bertz CT molecular complexity index is 927. The second-order valence-corrected chi connectivity index (χ2v) is 7.75. The van der Waals surface area contributed by atoms with Crippen LogP contribution in [-0.2, 0) is 22.4 Å². The van der Waals surface area contributed by atoms with Gasteiger partial charge in [-0.2, -0.15) is 0 Å². The Morgan fingerprint density at radius 1 is 1.00 bits per heavy atom. The van der Waals surface area contributed by atoms with Crippen molar-refractivity contribution < 1.29 is 14.3 Å². The fraction of sp³-hybridized carbons (Fsp3) is 0.440. The molecule has 32 heavy (non-hydrogen) atoms. The van der Waals surface area contributed by atoms with Crippen LogP contribution in [0.4, 0.5) is 21.9 Å². The van der Waals surface area contributed by atoms with E-state index in [1.54, 1.807) is 11.8 Å². The normalized spacial score (nSPS) is 12.7. The maximum Gasteiger partial charge on any atom is 0.411 e. The third-order valence-corrected chi connectivity index (χ3v) is 5.77. The Hall–Kier alpha value is -2.90. The number of amides is 2. The highest BCUT2D eigenvalue weighted by Gasteiger charge is 2.26. The molecule has 1 aliphatic rings. The van der Waals surface area contributed by atoms with E-state index in [2.05, 4.69) is 35.4 Å². The Balaban J connectivity index is 1.85. The number of likely N-dealkylation sites (N-methyl/N-ethyl adjacent to an activating group) is 1. The molecule has 172 valence electrons. The highest BCUT2D eigenvalue weighted by Crippen LogP contribution is 2.37. The summed E-state index contributed by atoms with van der Waals surface area (Å²) in [6, 6.07) is 13.7. The molecule has 2 amide bonds. The number of hydrogen-bond acceptors (Lipinski definition) is 5. The Labute approximate surface area is 190 Å². The molecular formula is C25H34N4O3. The molecule has 0 atom stereocenters. The minimum absolute atomic E-state index is 0.0200. The van der Waals surface area contributed by atoms with Gasteiger partial charge in [0.1, 0.15) is 0 Å². The molecule has 1 aliphatic heterocycles. The minimum atomic E-state index is -0.502. The summed E-state index contributed by atoms with van der Waals surface area (Å²) in [5, 5.41) is 6.06. The van der Waals surface area contributed by atoms with Gasteiger partial charge >= 0.3 is 6.09 Å². The van der Waals surface area contributed by atoms with Gasteiger partial charge in [0.2, 0.25) is 5.91 Å². The number of benzene rings is 2. The monoisotopic (exact) mass is 438 g/mol. The van der Waals surface area contributed by atoms with Gasteiger partial charge in [-0.05, 0) is 62.2 Å². The van der Waals surface area contributed by atoms with Crippen molar-refractivity contribution in [3.63, 3.8) is 0 Å². The van der Waals surface area contributed by atoms with Crippen molar-refractivity contribution in [3.05, 3.63) is 53.6 Å². The van der Waals surface area contributed by atoms with Gasteiger partial charge < -0.3 is 15.0 Å². The van der Waals surface area contributed by atoms with E-state index in [1.807, 2.05) is 36.4 Å². The number of fused-ring (bicyclic) bond motifs is 2. The fourth-order valence-corrected chi connectivity index (χ4v) is 4.01. The van der Waals surface area contributed by atoms with Gasteiger partial charge in [0.05, 0.1) is 24.5 Å². The second-order valence-electron chi connectivity index (χ2n) is 7.75. The second kappa shape index (κ2) is 11.6. The summed E-state index contributed by atoms with van der Waals surface area (Å²) < 4.78 is 5.00. The molecule has 0 saturated heterocycles. The van der Waals surface area contributed by atoms with E-state index >= 15 is 0 Å². The van der Waals surface area contributed by atoms with E-state index in [1.165, 1.54) is 0 Å². The van der Waals surface area contributed by atoms with Crippen LogP contribution >= 0.6 is 0 Å². The van der Waals surface area contributed by atoms with Crippen LogP contribution in [0.2, 0.25) is 0 Å². The van der Waals surface area contributed by atoms with Crippen molar-refractivity contribution in [2.24, 2.45) is 0 Å². The summed E-state index contributed by atoms with van der Waals surface area (Å²) in [6.45, 7) is 10.2. The van der Waals surface area contributed by atoms with Crippen LogP contribution in [-0.4, -0.2) is 56.2 Å². The first-order valence-electron chi connectivity index (χ1n) is 11.5. The first kappa shape index (κ1) is 23.8. The molecule has 0 spiro atoms. The zero-order valence-corrected chi connectivity index (χ0v) is 19.3. The van der Waals surface area contributed by atoms with Crippen LogP contribution in [0.25, 0.3) is 0 Å². The Morgan fingerprint density at radius 3 is 2.44 bits per heavy atom. The van der Waals surface area contributed by atoms with E-state index in [4.69, 9.17) is 4.74 Å². The standard InChI is InChI=1S/C25H34N4O3/c1-4-28(5-2)16-15-26-18-24(30)29-22-10-8-7-9-19(22)11-12-20-13-14-21(17-23(20)29)27-25(31)32-6-3/h7-10,13-14,17,26H,4-6,11-12,15-16,18H2,1-3H3,(H,27,31). The Kier molecular flexibility index (Phi) is 8.64. The summed E-state index contributed by atoms with van der Waals surface area (Å²) in [6.07, 6.45) is 1.18. The summed E-state index contributed by atoms with van der Waals surface area (Å²) >= 11 is 0. The van der Waals surface area contributed by atoms with Gasteiger partial charge in [-0.25, -0.2) is 4.79 Å². The zero-order valence-electron chi connectivity index (χ0n) is 19.3. The molecular weight excluding hydrogens is 404 g/mol. The topological polar surface area (TPSA) is 73.9 Å². The lowest BCUT2D eigenvalue weighted by molar-refractivity contribution is -0.117. The number of ether oxygens (including phenoxy) is 1. The lowest BCUT2D eigenvalue weighted by Crippen LogP contribution is -2.39. The molecule has 2 aromatic carbocycles. The fourth-order valence-electron chi connectivity index (χ4n) is 4.01. The summed E-state index contributed by atoms with van der Waals surface area (Å²) in [5.74, 6) is -0.0200. The number of anilines is 3. The van der Waals surface area contributed by atoms with Gasteiger partial charge in [0, 0.05) is 18.8 Å². The molecule has 2 N–H and O–H groups in total. The molecule has 0 saturated carbocycles. The summed E-state index contributed by atoms with van der Waals surface area (Å²) in [5.41, 5.74) is 4.52. The van der Waals surface area contributed by atoms with Crippen molar-refractivity contribution in [3.8, 4) is 0 Å². The van der Waals surface area contributed by atoms with Crippen LogP contribution in [0.3, 0.4) is 0 Å². The predicted molar refractivity (Wildman–Crippen MR) is 129 cm³/mol. The van der Waals surface area contributed by atoms with Gasteiger partial charge in [-0.1, -0.05) is 38.1 Å². The highest BCUT2D eigenvalue weighted by molar-refractivity contribution is 6.04. The zero-order chi connectivity index (χ0) is 22.9. The SMILES string of the molecule is CCOC(=O)Nc1ccc2c(c1)N(C(=O)CNCCN(CC)CC)c1ccccc1CC2. The van der Waals surface area contributed by atoms with Crippen molar-refractivity contribution in [1.82, 2.24) is 10.2 Å². The minimum Gasteiger partial charge on any atom is -0.450 e. The number of aryl methyl sites for hydroxylation is 2. The van der Waals surface area contributed by atoms with Crippen LogP contribution in [0.1, 0.15) is 31.9 Å². The number of carbonyl (C=O) groups excluding carboxylic acids is 2. The van der Waals surface area contributed by atoms with Crippen molar-refractivity contribution in [2.75, 3.05) is 49.5 Å². The molecule has 0 aliphatic carbocycles. The number of rotatable bonds is 9. The van der Waals surface area contributed by atoms with E-state index in [0.29, 0.717) is 12.3 Å². The molecule has 0 unspecified atom stereocenters. The van der Waals surface area contributed by atoms with Crippen molar-refractivity contribution >= 4 is 29.1 Å². The van der Waals surface area contributed by atoms with E-state index in [0.717, 1.165) is 61.5 Å². The summed E-state index contributed by atoms with van der Waals surface area (Å²) in [7, 11) is 0. The molecule has 0 bridgehead atoms. The van der Waals surface area contributed by atoms with Crippen LogP contribution in [0, 0.1) is 0 Å². The number of nitrogens with one attached hydrogen (secondary N) is 2. The van der Waals surface area contributed by atoms with E-state index in [9.17, 15) is 9.59 Å². The van der Waals surface area contributed by atoms with E-state index in [-0.39, 0.29) is 12.5 Å². The quantitative estimate of drug-likeness (QED) is 0.580. The molecule has 2 aromatic rings. The first-order valence-corrected chi connectivity index (χ1v) is 11.5. The number of para-hydroxylation sites is 1. The molecule has 0 fully saturated rings.